The molecule has 8 aliphatic rings. The predicted molar refractivity (Wildman–Crippen MR) is 220 cm³/mol. The summed E-state index contributed by atoms with van der Waals surface area (Å²) in [7, 11) is 0. The molecule has 0 radical (unpaired) electrons. The molecule has 1 fully saturated rings. The molecular weight excluding hydrogens is 643 g/mol. The molecule has 2 heterocycles. The molecule has 1 aliphatic heterocycles. The maximum absolute atomic E-state index is 4.47. The first kappa shape index (κ1) is 33.1. The van der Waals surface area contributed by atoms with E-state index in [9.17, 15) is 0 Å². The van der Waals surface area contributed by atoms with Gasteiger partial charge >= 0.3 is 0 Å². The SMILES string of the molecule is CC1(C)C2=C(CCCC2)c2ccc(N(C3=CCC(C4=CC5C6C=CCCC6N(C6C=CC=CC6)C5C=C4)C=C3)C3=CC=CC(c4cccnc4)C3)cc21. The van der Waals surface area contributed by atoms with Gasteiger partial charge in [-0.3, -0.25) is 9.88 Å². The van der Waals surface area contributed by atoms with Crippen molar-refractivity contribution < 1.29 is 0 Å². The van der Waals surface area contributed by atoms with Crippen LogP contribution in [0.15, 0.2) is 156 Å². The maximum Gasteiger partial charge on any atom is 0.0461 e. The van der Waals surface area contributed by atoms with E-state index in [2.05, 4.69) is 150 Å². The Morgan fingerprint density at radius 3 is 2.66 bits per heavy atom. The molecule has 3 nitrogen and oxygen atoms in total. The number of allylic oxidation sites excluding steroid dienone is 14. The van der Waals surface area contributed by atoms with Gasteiger partial charge in [0, 0.05) is 76.7 Å². The van der Waals surface area contributed by atoms with E-state index in [1.807, 2.05) is 12.4 Å². The Morgan fingerprint density at radius 1 is 0.868 bits per heavy atom. The van der Waals surface area contributed by atoms with Gasteiger partial charge in [-0.25, -0.2) is 0 Å². The number of pyridine rings is 1. The van der Waals surface area contributed by atoms with Gasteiger partial charge in [-0.05, 0) is 116 Å². The lowest BCUT2D eigenvalue weighted by Crippen LogP contribution is -2.44. The summed E-state index contributed by atoms with van der Waals surface area (Å²) in [5.74, 6) is 1.85. The fourth-order valence-corrected chi connectivity index (χ4v) is 11.3. The molecule has 268 valence electrons. The molecule has 3 heteroatoms. The van der Waals surface area contributed by atoms with Gasteiger partial charge in [0.05, 0.1) is 0 Å². The molecule has 1 aromatic carbocycles. The van der Waals surface area contributed by atoms with Crippen LogP contribution in [0.25, 0.3) is 5.57 Å². The number of hydrogen-bond acceptors (Lipinski definition) is 3. The van der Waals surface area contributed by atoms with Crippen molar-refractivity contribution in [1.29, 1.82) is 0 Å². The van der Waals surface area contributed by atoms with Crippen molar-refractivity contribution in [3.05, 3.63) is 173 Å². The Kier molecular flexibility index (Phi) is 8.39. The summed E-state index contributed by atoms with van der Waals surface area (Å²) in [6, 6.07) is 13.3. The summed E-state index contributed by atoms with van der Waals surface area (Å²) < 4.78 is 0. The second-order valence-electron chi connectivity index (χ2n) is 17.1. The topological polar surface area (TPSA) is 19.4 Å². The molecule has 0 amide bonds. The van der Waals surface area contributed by atoms with Gasteiger partial charge in [0.15, 0.2) is 0 Å². The van der Waals surface area contributed by atoms with Crippen molar-refractivity contribution in [2.24, 2.45) is 17.8 Å². The Morgan fingerprint density at radius 2 is 1.81 bits per heavy atom. The van der Waals surface area contributed by atoms with Gasteiger partial charge in [0.2, 0.25) is 0 Å². The number of aromatic nitrogens is 1. The van der Waals surface area contributed by atoms with Crippen LogP contribution in [0.1, 0.15) is 94.2 Å². The summed E-state index contributed by atoms with van der Waals surface area (Å²) in [4.78, 5) is 9.92. The molecule has 7 aliphatic carbocycles. The molecular formula is C50H53N3. The average Bonchev–Trinajstić information content (AvgIpc) is 3.67. The predicted octanol–water partition coefficient (Wildman–Crippen LogP) is 11.6. The summed E-state index contributed by atoms with van der Waals surface area (Å²) in [6.07, 6.45) is 51.0. The van der Waals surface area contributed by atoms with Crippen LogP contribution in [0.5, 0.6) is 0 Å². The molecule has 53 heavy (non-hydrogen) atoms. The number of anilines is 1. The zero-order chi connectivity index (χ0) is 35.5. The Hall–Kier alpha value is -4.47. The van der Waals surface area contributed by atoms with E-state index in [4.69, 9.17) is 0 Å². The highest BCUT2D eigenvalue weighted by atomic mass is 15.2. The van der Waals surface area contributed by atoms with Gasteiger partial charge in [0.1, 0.15) is 0 Å². The second-order valence-corrected chi connectivity index (χ2v) is 17.1. The third-order valence-electron chi connectivity index (χ3n) is 13.9. The molecule has 1 saturated heterocycles. The smallest absolute Gasteiger partial charge is 0.0461 e. The highest BCUT2D eigenvalue weighted by molar-refractivity contribution is 5.83. The van der Waals surface area contributed by atoms with E-state index in [-0.39, 0.29) is 5.41 Å². The van der Waals surface area contributed by atoms with Crippen LogP contribution in [0.3, 0.4) is 0 Å². The number of nitrogens with zero attached hydrogens (tertiary/aromatic N) is 3. The highest BCUT2D eigenvalue weighted by Gasteiger charge is 2.49. The fraction of sp³-hybridized carbons (Fsp3) is 0.380. The minimum atomic E-state index is 0.0811. The van der Waals surface area contributed by atoms with Crippen molar-refractivity contribution in [2.75, 3.05) is 4.90 Å². The summed E-state index contributed by atoms with van der Waals surface area (Å²) in [5, 5.41) is 0. The first-order chi connectivity index (χ1) is 26.0. The molecule has 0 saturated carbocycles. The highest BCUT2D eigenvalue weighted by Crippen LogP contribution is 2.53. The van der Waals surface area contributed by atoms with Gasteiger partial charge < -0.3 is 4.90 Å². The van der Waals surface area contributed by atoms with Crippen molar-refractivity contribution in [3.8, 4) is 0 Å². The quantitative estimate of drug-likeness (QED) is 0.281. The van der Waals surface area contributed by atoms with Crippen molar-refractivity contribution in [1.82, 2.24) is 9.88 Å². The van der Waals surface area contributed by atoms with Gasteiger partial charge in [0.25, 0.3) is 0 Å². The minimum Gasteiger partial charge on any atom is -0.315 e. The average molecular weight is 696 g/mol. The number of benzene rings is 1. The van der Waals surface area contributed by atoms with Gasteiger partial charge in [-0.2, -0.15) is 0 Å². The summed E-state index contributed by atoms with van der Waals surface area (Å²) >= 11 is 0. The van der Waals surface area contributed by atoms with Crippen molar-refractivity contribution >= 4 is 11.3 Å². The van der Waals surface area contributed by atoms with E-state index < -0.39 is 0 Å². The third kappa shape index (κ3) is 5.70. The second kappa shape index (κ2) is 13.4. The molecule has 0 spiro atoms. The first-order valence-electron chi connectivity index (χ1n) is 20.5. The van der Waals surface area contributed by atoms with Crippen LogP contribution in [-0.4, -0.2) is 28.0 Å². The van der Waals surface area contributed by atoms with Crippen molar-refractivity contribution in [3.63, 3.8) is 0 Å². The lowest BCUT2D eigenvalue weighted by Gasteiger charge is -2.37. The van der Waals surface area contributed by atoms with E-state index in [1.54, 1.807) is 11.1 Å². The molecule has 0 N–H and O–H groups in total. The van der Waals surface area contributed by atoms with E-state index >= 15 is 0 Å². The van der Waals surface area contributed by atoms with E-state index in [0.29, 0.717) is 41.8 Å². The normalized spacial score (nSPS) is 32.1. The van der Waals surface area contributed by atoms with Gasteiger partial charge in [-0.1, -0.05) is 111 Å². The largest absolute Gasteiger partial charge is 0.315 e. The van der Waals surface area contributed by atoms with E-state index in [1.165, 1.54) is 77.9 Å². The van der Waals surface area contributed by atoms with Crippen LogP contribution < -0.4 is 4.90 Å². The summed E-state index contributed by atoms with van der Waals surface area (Å²) in [6.45, 7) is 4.93. The Labute approximate surface area is 317 Å². The zero-order valence-corrected chi connectivity index (χ0v) is 31.4. The number of rotatable bonds is 6. The minimum absolute atomic E-state index is 0.0811. The fourth-order valence-electron chi connectivity index (χ4n) is 11.3. The van der Waals surface area contributed by atoms with Gasteiger partial charge in [-0.15, -0.1) is 0 Å². The molecule has 7 atom stereocenters. The standard InChI is InChI=1S/C50H53N3/c1-50(2)46-19-8-6-17-42(46)43-27-26-41(32-47(43)50)52(40-16-10-12-35(30-40)37-13-11-29-51-33-37)39-24-21-34(22-25-39)36-23-28-49-45(31-36)44-18-7-9-20-48(44)53(49)38-14-4-3-5-15-38/h3-5,7,10-14,16,18,21,23-29,31-35,38,44-45,48-49H,6,8-9,15,17,19-20,22,30H2,1-2H3. The van der Waals surface area contributed by atoms with Crippen LogP contribution in [0.4, 0.5) is 5.69 Å². The van der Waals surface area contributed by atoms with Crippen molar-refractivity contribution in [2.45, 2.75) is 101 Å². The summed E-state index contributed by atoms with van der Waals surface area (Å²) in [5.41, 5.74) is 13.1. The first-order valence-corrected chi connectivity index (χ1v) is 20.5. The number of likely N-dealkylation sites (tertiary alicyclic amines) is 1. The monoisotopic (exact) mass is 695 g/mol. The van der Waals surface area contributed by atoms with Crippen LogP contribution >= 0.6 is 0 Å². The Bertz CT molecular complexity index is 2090. The molecule has 10 rings (SSSR count). The number of hydrogen-bond donors (Lipinski definition) is 0. The molecule has 2 aromatic rings. The lowest BCUT2D eigenvalue weighted by atomic mass is 9.77. The third-order valence-corrected chi connectivity index (χ3v) is 13.9. The molecule has 0 bridgehead atoms. The Balaban J connectivity index is 0.957. The molecule has 7 unspecified atom stereocenters. The van der Waals surface area contributed by atoms with Crippen LogP contribution in [0.2, 0.25) is 0 Å². The number of fused-ring (bicyclic) bond motifs is 5. The van der Waals surface area contributed by atoms with E-state index in [0.717, 1.165) is 19.3 Å². The zero-order valence-electron chi connectivity index (χ0n) is 31.4. The molecule has 1 aromatic heterocycles. The lowest BCUT2D eigenvalue weighted by molar-refractivity contribution is 0.157. The van der Waals surface area contributed by atoms with Crippen LogP contribution in [0, 0.1) is 17.8 Å². The maximum atomic E-state index is 4.47. The van der Waals surface area contributed by atoms with Crippen LogP contribution in [-0.2, 0) is 5.41 Å².